The van der Waals surface area contributed by atoms with Crippen molar-refractivity contribution in [2.75, 3.05) is 0 Å². The van der Waals surface area contributed by atoms with E-state index in [0.29, 0.717) is 12.7 Å². The summed E-state index contributed by atoms with van der Waals surface area (Å²) in [5.41, 5.74) is 1.18. The Bertz CT molecular complexity index is 475. The molecule has 0 saturated heterocycles. The Morgan fingerprint density at radius 3 is 2.72 bits per heavy atom. The van der Waals surface area contributed by atoms with E-state index in [1.165, 1.54) is 0 Å². The highest BCUT2D eigenvalue weighted by Gasteiger charge is 2.20. The van der Waals surface area contributed by atoms with Gasteiger partial charge in [-0.3, -0.25) is 9.59 Å². The van der Waals surface area contributed by atoms with Gasteiger partial charge in [0.15, 0.2) is 12.1 Å². The van der Waals surface area contributed by atoms with E-state index in [1.54, 1.807) is 25.1 Å². The summed E-state index contributed by atoms with van der Waals surface area (Å²) >= 11 is 0. The largest absolute Gasteiger partial charge is 0.506 e. The van der Waals surface area contributed by atoms with Crippen LogP contribution >= 0.6 is 0 Å². The van der Waals surface area contributed by atoms with Crippen molar-refractivity contribution in [3.8, 4) is 5.75 Å². The topological polar surface area (TPSA) is 54.4 Å². The van der Waals surface area contributed by atoms with Gasteiger partial charge in [0.2, 0.25) is 0 Å². The molecule has 1 atom stereocenters. The first-order valence-electron chi connectivity index (χ1n) is 5.95. The fraction of sp³-hybridized carbons (Fsp3) is 0.333. The van der Waals surface area contributed by atoms with E-state index in [0.717, 1.165) is 12.0 Å². The van der Waals surface area contributed by atoms with Crippen molar-refractivity contribution in [2.24, 2.45) is 5.92 Å². The second-order valence-corrected chi connectivity index (χ2v) is 4.50. The number of phenols is 1. The van der Waals surface area contributed by atoms with Crippen LogP contribution in [0.25, 0.3) is 0 Å². The smallest absolute Gasteiger partial charge is 0.169 e. The number of hydrogen-bond donors (Lipinski definition) is 1. The molecule has 1 aromatic carbocycles. The zero-order chi connectivity index (χ0) is 13.7. The van der Waals surface area contributed by atoms with E-state index in [2.05, 4.69) is 6.58 Å². The minimum Gasteiger partial charge on any atom is -0.506 e. The van der Waals surface area contributed by atoms with Gasteiger partial charge in [-0.2, -0.15) is 0 Å². The van der Waals surface area contributed by atoms with E-state index < -0.39 is 0 Å². The Labute approximate surface area is 107 Å². The van der Waals surface area contributed by atoms with Gasteiger partial charge in [-0.15, -0.1) is 6.58 Å². The zero-order valence-corrected chi connectivity index (χ0v) is 10.8. The molecule has 0 radical (unpaired) electrons. The second-order valence-electron chi connectivity index (χ2n) is 4.50. The van der Waals surface area contributed by atoms with Gasteiger partial charge in [-0.25, -0.2) is 0 Å². The van der Waals surface area contributed by atoms with Crippen LogP contribution in [0.3, 0.4) is 0 Å². The molecule has 0 aliphatic heterocycles. The molecule has 1 aromatic rings. The molecule has 3 nitrogen and oxygen atoms in total. The number of allylic oxidation sites excluding steroid dienone is 1. The van der Waals surface area contributed by atoms with Gasteiger partial charge >= 0.3 is 0 Å². The minimum atomic E-state index is -0.217. The Morgan fingerprint density at radius 2 is 2.17 bits per heavy atom. The minimum absolute atomic E-state index is 0.138. The van der Waals surface area contributed by atoms with Crippen LogP contribution in [-0.2, 0) is 0 Å². The summed E-state index contributed by atoms with van der Waals surface area (Å²) < 4.78 is 0. The maximum atomic E-state index is 12.2. The number of carbonyl (C=O) groups is 2. The summed E-state index contributed by atoms with van der Waals surface area (Å²) in [6.07, 6.45) is 3.76. The molecule has 3 heteroatoms. The molecule has 0 aromatic heterocycles. The number of ketones is 1. The third kappa shape index (κ3) is 3.06. The fourth-order valence-corrected chi connectivity index (χ4v) is 1.85. The number of aldehydes is 1. The van der Waals surface area contributed by atoms with Gasteiger partial charge in [0.1, 0.15) is 5.75 Å². The highest BCUT2D eigenvalue weighted by atomic mass is 16.3. The Kier molecular flexibility index (Phi) is 4.84. The first-order chi connectivity index (χ1) is 8.51. The van der Waals surface area contributed by atoms with E-state index in [9.17, 15) is 14.7 Å². The maximum Gasteiger partial charge on any atom is 0.169 e. The summed E-state index contributed by atoms with van der Waals surface area (Å²) in [4.78, 5) is 23.0. The highest BCUT2D eigenvalue weighted by molar-refractivity contribution is 6.02. The molecule has 96 valence electrons. The molecular formula is C15H18O3. The summed E-state index contributed by atoms with van der Waals surface area (Å²) in [6, 6.07) is 3.18. The molecule has 0 heterocycles. The number of aromatic hydroxyl groups is 1. The third-order valence-corrected chi connectivity index (χ3v) is 2.93. The van der Waals surface area contributed by atoms with Crippen LogP contribution in [0.5, 0.6) is 5.75 Å². The lowest BCUT2D eigenvalue weighted by atomic mass is 9.92. The van der Waals surface area contributed by atoms with Crippen LogP contribution in [-0.4, -0.2) is 17.2 Å². The number of aryl methyl sites for hydroxylation is 1. The monoisotopic (exact) mass is 246 g/mol. The summed E-state index contributed by atoms with van der Waals surface area (Å²) in [7, 11) is 0. The highest BCUT2D eigenvalue weighted by Crippen LogP contribution is 2.27. The lowest BCUT2D eigenvalue weighted by Gasteiger charge is -2.12. The summed E-state index contributed by atoms with van der Waals surface area (Å²) in [5.74, 6) is -0.553. The molecule has 0 bridgehead atoms. The first-order valence-corrected chi connectivity index (χ1v) is 5.95. The van der Waals surface area contributed by atoms with Crippen molar-refractivity contribution in [1.82, 2.24) is 0 Å². The lowest BCUT2D eigenvalue weighted by Crippen LogP contribution is -2.12. The molecule has 0 aliphatic rings. The van der Waals surface area contributed by atoms with Gasteiger partial charge in [0.05, 0.1) is 11.1 Å². The summed E-state index contributed by atoms with van der Waals surface area (Å²) in [5, 5.41) is 9.89. The number of Topliss-reactive ketones (excluding diaryl/α,β-unsaturated/α-hetero) is 1. The number of benzene rings is 1. The van der Waals surface area contributed by atoms with Crippen LogP contribution in [0.15, 0.2) is 24.8 Å². The van der Waals surface area contributed by atoms with Gasteiger partial charge in [0.25, 0.3) is 0 Å². The molecule has 0 aliphatic carbocycles. The molecule has 1 N–H and O–H groups in total. The van der Waals surface area contributed by atoms with Crippen LogP contribution in [0.1, 0.15) is 46.0 Å². The standard InChI is InChI=1S/C15H18O3/c1-4-5-6-11(3)14(17)13-8-10(2)7-12(9-16)15(13)18/h4,7-9,11,18H,1,5-6H2,2-3H3. The van der Waals surface area contributed by atoms with Crippen molar-refractivity contribution >= 4 is 12.1 Å². The second kappa shape index (κ2) is 6.15. The first kappa shape index (κ1) is 14.2. The average molecular weight is 246 g/mol. The lowest BCUT2D eigenvalue weighted by molar-refractivity contribution is 0.0922. The Balaban J connectivity index is 3.08. The van der Waals surface area contributed by atoms with Crippen LogP contribution in [0.2, 0.25) is 0 Å². The van der Waals surface area contributed by atoms with Crippen molar-refractivity contribution in [1.29, 1.82) is 0 Å². The number of phenolic OH excluding ortho intramolecular Hbond substituents is 1. The van der Waals surface area contributed by atoms with E-state index in [4.69, 9.17) is 0 Å². The van der Waals surface area contributed by atoms with Crippen molar-refractivity contribution in [2.45, 2.75) is 26.7 Å². The predicted molar refractivity (Wildman–Crippen MR) is 71.2 cm³/mol. The van der Waals surface area contributed by atoms with Gasteiger partial charge in [0, 0.05) is 5.92 Å². The van der Waals surface area contributed by atoms with Crippen LogP contribution in [0, 0.1) is 12.8 Å². The Hall–Kier alpha value is -1.90. The quantitative estimate of drug-likeness (QED) is 0.476. The van der Waals surface area contributed by atoms with Crippen LogP contribution in [0.4, 0.5) is 0 Å². The number of carbonyl (C=O) groups excluding carboxylic acids is 2. The molecule has 0 amide bonds. The van der Waals surface area contributed by atoms with Gasteiger partial charge in [-0.1, -0.05) is 13.0 Å². The molecule has 0 spiro atoms. The molecule has 1 rings (SSSR count). The number of rotatable bonds is 6. The predicted octanol–water partition coefficient (Wildman–Crippen LogP) is 3.30. The maximum absolute atomic E-state index is 12.2. The molecule has 1 unspecified atom stereocenters. The molecular weight excluding hydrogens is 228 g/mol. The SMILES string of the molecule is C=CCCC(C)C(=O)c1cc(C)cc(C=O)c1O. The molecule has 0 saturated carbocycles. The van der Waals surface area contributed by atoms with E-state index in [1.807, 2.05) is 6.92 Å². The number of hydrogen-bond acceptors (Lipinski definition) is 3. The average Bonchev–Trinajstić information content (AvgIpc) is 2.37. The fourth-order valence-electron chi connectivity index (χ4n) is 1.85. The van der Waals surface area contributed by atoms with Gasteiger partial charge in [-0.05, 0) is 37.5 Å². The van der Waals surface area contributed by atoms with Crippen molar-refractivity contribution in [3.63, 3.8) is 0 Å². The normalized spacial score (nSPS) is 11.9. The van der Waals surface area contributed by atoms with E-state index >= 15 is 0 Å². The van der Waals surface area contributed by atoms with E-state index in [-0.39, 0.29) is 28.6 Å². The van der Waals surface area contributed by atoms with Gasteiger partial charge < -0.3 is 5.11 Å². The zero-order valence-electron chi connectivity index (χ0n) is 10.8. The molecule has 18 heavy (non-hydrogen) atoms. The Morgan fingerprint density at radius 1 is 1.50 bits per heavy atom. The van der Waals surface area contributed by atoms with Crippen molar-refractivity contribution in [3.05, 3.63) is 41.5 Å². The van der Waals surface area contributed by atoms with Crippen LogP contribution < -0.4 is 0 Å². The van der Waals surface area contributed by atoms with Crippen molar-refractivity contribution < 1.29 is 14.7 Å². The third-order valence-electron chi connectivity index (χ3n) is 2.93. The molecule has 0 fully saturated rings. The summed E-state index contributed by atoms with van der Waals surface area (Å²) in [6.45, 7) is 7.22.